The van der Waals surface area contributed by atoms with Gasteiger partial charge >= 0.3 is 0 Å². The minimum Gasteiger partial charge on any atom is -0.302 e. The van der Waals surface area contributed by atoms with Crippen LogP contribution in [-0.2, 0) is 9.84 Å². The van der Waals surface area contributed by atoms with Crippen molar-refractivity contribution >= 4 is 38.1 Å². The lowest BCUT2D eigenvalue weighted by Crippen LogP contribution is -2.03. The van der Waals surface area contributed by atoms with Crippen molar-refractivity contribution < 1.29 is 8.42 Å². The molecular formula is C7H6IN3O2S. The first-order valence-electron chi connectivity index (χ1n) is 3.68. The van der Waals surface area contributed by atoms with Crippen LogP contribution in [0.4, 0.5) is 0 Å². The van der Waals surface area contributed by atoms with Crippen LogP contribution < -0.4 is 0 Å². The summed E-state index contributed by atoms with van der Waals surface area (Å²) in [5.74, 6) is 0. The summed E-state index contributed by atoms with van der Waals surface area (Å²) < 4.78 is 25.1. The number of halogens is 1. The monoisotopic (exact) mass is 323 g/mol. The second-order valence-electron chi connectivity index (χ2n) is 2.80. The Bertz CT molecular complexity index is 590. The third-order valence-corrected chi connectivity index (χ3v) is 3.17. The Hall–Kier alpha value is -0.700. The zero-order valence-corrected chi connectivity index (χ0v) is 10.2. The minimum atomic E-state index is -3.31. The summed E-state index contributed by atoms with van der Waals surface area (Å²) in [6.07, 6.45) is 5.98. The minimum absolute atomic E-state index is 0.0166. The van der Waals surface area contributed by atoms with Gasteiger partial charge in [0.05, 0.1) is 0 Å². The number of rotatable bonds is 1. The highest BCUT2D eigenvalue weighted by Gasteiger charge is 2.15. The van der Waals surface area contributed by atoms with Gasteiger partial charge in [0, 0.05) is 24.8 Å². The molecule has 74 valence electrons. The average molecular weight is 323 g/mol. The number of aromatic nitrogens is 3. The molecular weight excluding hydrogens is 317 g/mol. The second-order valence-corrected chi connectivity index (χ2v) is 5.84. The molecule has 0 spiro atoms. The van der Waals surface area contributed by atoms with E-state index in [1.807, 2.05) is 22.6 Å². The maximum Gasteiger partial charge on any atom is 0.198 e. The maximum atomic E-state index is 11.3. The molecule has 7 heteroatoms. The van der Waals surface area contributed by atoms with Gasteiger partial charge in [0.1, 0.15) is 3.70 Å². The molecule has 2 aromatic rings. The predicted octanol–water partition coefficient (Wildman–Crippen LogP) is 0.737. The van der Waals surface area contributed by atoms with Gasteiger partial charge in [0.15, 0.2) is 20.5 Å². The standard InChI is InChI=1S/C7H6IN3O2S/c1-14(12,13)7-6-10-5(8)4-11(6)3-2-9-7/h2-4H,1H3. The van der Waals surface area contributed by atoms with Gasteiger partial charge in [-0.05, 0) is 22.6 Å². The fourth-order valence-electron chi connectivity index (χ4n) is 1.13. The van der Waals surface area contributed by atoms with Crippen LogP contribution in [0.5, 0.6) is 0 Å². The summed E-state index contributed by atoms with van der Waals surface area (Å²) in [6, 6.07) is 0. The first-order valence-corrected chi connectivity index (χ1v) is 6.65. The van der Waals surface area contributed by atoms with E-state index in [2.05, 4.69) is 9.97 Å². The van der Waals surface area contributed by atoms with E-state index in [4.69, 9.17) is 0 Å². The van der Waals surface area contributed by atoms with Crippen molar-refractivity contribution in [2.24, 2.45) is 0 Å². The van der Waals surface area contributed by atoms with Crippen LogP contribution in [0.2, 0.25) is 0 Å². The first kappa shape index (κ1) is 9.84. The number of nitrogens with zero attached hydrogens (tertiary/aromatic N) is 3. The molecule has 2 aromatic heterocycles. The van der Waals surface area contributed by atoms with Crippen LogP contribution in [-0.4, -0.2) is 29.0 Å². The molecule has 0 bridgehead atoms. The molecule has 0 saturated carbocycles. The van der Waals surface area contributed by atoms with Gasteiger partial charge in [-0.2, -0.15) is 0 Å². The SMILES string of the molecule is CS(=O)(=O)c1nccn2cc(I)nc12. The molecule has 0 aliphatic rings. The van der Waals surface area contributed by atoms with Gasteiger partial charge in [-0.1, -0.05) is 0 Å². The van der Waals surface area contributed by atoms with Crippen LogP contribution in [0, 0.1) is 3.70 Å². The van der Waals surface area contributed by atoms with Crippen molar-refractivity contribution in [3.8, 4) is 0 Å². The highest BCUT2D eigenvalue weighted by atomic mass is 127. The molecule has 0 aliphatic carbocycles. The maximum absolute atomic E-state index is 11.3. The van der Waals surface area contributed by atoms with Gasteiger partial charge in [-0.3, -0.25) is 0 Å². The van der Waals surface area contributed by atoms with Crippen molar-refractivity contribution in [1.29, 1.82) is 0 Å². The molecule has 14 heavy (non-hydrogen) atoms. The molecule has 0 unspecified atom stereocenters. The van der Waals surface area contributed by atoms with Gasteiger partial charge in [0.2, 0.25) is 0 Å². The van der Waals surface area contributed by atoms with Crippen molar-refractivity contribution in [2.45, 2.75) is 5.03 Å². The molecule has 0 fully saturated rings. The molecule has 2 heterocycles. The van der Waals surface area contributed by atoms with Crippen molar-refractivity contribution in [3.05, 3.63) is 22.3 Å². The van der Waals surface area contributed by atoms with E-state index in [-0.39, 0.29) is 5.03 Å². The Morgan fingerprint density at radius 3 is 2.86 bits per heavy atom. The van der Waals surface area contributed by atoms with Crippen molar-refractivity contribution in [2.75, 3.05) is 6.26 Å². The molecule has 5 nitrogen and oxygen atoms in total. The number of hydrogen-bond acceptors (Lipinski definition) is 4. The topological polar surface area (TPSA) is 64.3 Å². The average Bonchev–Trinajstić information content (AvgIpc) is 2.41. The Morgan fingerprint density at radius 2 is 2.21 bits per heavy atom. The zero-order chi connectivity index (χ0) is 10.3. The van der Waals surface area contributed by atoms with Crippen LogP contribution >= 0.6 is 22.6 Å². The zero-order valence-electron chi connectivity index (χ0n) is 7.18. The van der Waals surface area contributed by atoms with Crippen molar-refractivity contribution in [3.63, 3.8) is 0 Å². The second kappa shape index (κ2) is 3.16. The smallest absolute Gasteiger partial charge is 0.198 e. The highest BCUT2D eigenvalue weighted by Crippen LogP contribution is 2.14. The Morgan fingerprint density at radius 1 is 1.50 bits per heavy atom. The third kappa shape index (κ3) is 1.61. The fourth-order valence-corrected chi connectivity index (χ4v) is 2.39. The van der Waals surface area contributed by atoms with E-state index in [0.29, 0.717) is 5.65 Å². The van der Waals surface area contributed by atoms with E-state index in [1.54, 1.807) is 16.8 Å². The normalized spacial score (nSPS) is 12.1. The molecule has 0 N–H and O–H groups in total. The summed E-state index contributed by atoms with van der Waals surface area (Å²) in [4.78, 5) is 7.90. The largest absolute Gasteiger partial charge is 0.302 e. The van der Waals surface area contributed by atoms with Gasteiger partial charge < -0.3 is 4.40 Å². The molecule has 0 radical (unpaired) electrons. The summed E-state index contributed by atoms with van der Waals surface area (Å²) >= 11 is 2.02. The Labute approximate surface area is 94.2 Å². The van der Waals surface area contributed by atoms with Crippen LogP contribution in [0.25, 0.3) is 5.65 Å². The van der Waals surface area contributed by atoms with Gasteiger partial charge in [-0.15, -0.1) is 0 Å². The van der Waals surface area contributed by atoms with Gasteiger partial charge in [0.25, 0.3) is 0 Å². The van der Waals surface area contributed by atoms with Crippen LogP contribution in [0.15, 0.2) is 23.6 Å². The highest BCUT2D eigenvalue weighted by molar-refractivity contribution is 14.1. The lowest BCUT2D eigenvalue weighted by atomic mass is 10.7. The van der Waals surface area contributed by atoms with E-state index in [0.717, 1.165) is 9.96 Å². The molecule has 0 aliphatic heterocycles. The third-order valence-electron chi connectivity index (χ3n) is 1.66. The number of hydrogen-bond donors (Lipinski definition) is 0. The molecule has 0 saturated heterocycles. The number of sulfone groups is 1. The summed E-state index contributed by atoms with van der Waals surface area (Å²) in [7, 11) is -3.31. The summed E-state index contributed by atoms with van der Waals surface area (Å²) in [6.45, 7) is 0. The lowest BCUT2D eigenvalue weighted by Gasteiger charge is -1.98. The lowest BCUT2D eigenvalue weighted by molar-refractivity contribution is 0.598. The van der Waals surface area contributed by atoms with E-state index in [1.165, 1.54) is 6.20 Å². The fraction of sp³-hybridized carbons (Fsp3) is 0.143. The van der Waals surface area contributed by atoms with Gasteiger partial charge in [-0.25, -0.2) is 18.4 Å². The van der Waals surface area contributed by atoms with Crippen LogP contribution in [0.3, 0.4) is 0 Å². The van der Waals surface area contributed by atoms with Crippen molar-refractivity contribution in [1.82, 2.24) is 14.4 Å². The first-order chi connectivity index (χ1) is 6.48. The Kier molecular flexibility index (Phi) is 2.22. The van der Waals surface area contributed by atoms with Crippen LogP contribution in [0.1, 0.15) is 0 Å². The van der Waals surface area contributed by atoms with E-state index >= 15 is 0 Å². The number of fused-ring (bicyclic) bond motifs is 1. The molecule has 2 rings (SSSR count). The molecule has 0 amide bonds. The quantitative estimate of drug-likeness (QED) is 0.726. The predicted molar refractivity (Wildman–Crippen MR) is 58.8 cm³/mol. The summed E-state index contributed by atoms with van der Waals surface area (Å²) in [5, 5.41) is 0.0166. The molecule has 0 atom stereocenters. The summed E-state index contributed by atoms with van der Waals surface area (Å²) in [5.41, 5.74) is 0.374. The van der Waals surface area contributed by atoms with E-state index < -0.39 is 9.84 Å². The van der Waals surface area contributed by atoms with E-state index in [9.17, 15) is 8.42 Å². The molecule has 0 aromatic carbocycles. The Balaban J connectivity index is 2.90. The number of imidazole rings is 1.